The molecular formula is C29H37Cl3FN6O3-. The van der Waals surface area contributed by atoms with Crippen LogP contribution in [0.2, 0.25) is 10.3 Å². The van der Waals surface area contributed by atoms with Crippen LogP contribution in [0.4, 0.5) is 4.39 Å². The number of carbonyl (C=O) groups excluding carboxylic acids is 1. The summed E-state index contributed by atoms with van der Waals surface area (Å²) in [5.74, 6) is -1.20. The van der Waals surface area contributed by atoms with Crippen molar-refractivity contribution < 1.29 is 32.9 Å². The lowest BCUT2D eigenvalue weighted by Gasteiger charge is -2.44. The number of aromatic carboxylic acids is 1. The first-order chi connectivity index (χ1) is 19.7. The number of carboxylic acid groups (broad SMARTS) is 1. The summed E-state index contributed by atoms with van der Waals surface area (Å²) in [6.07, 6.45) is 8.06. The number of halogens is 4. The van der Waals surface area contributed by atoms with Crippen molar-refractivity contribution in [1.29, 1.82) is 0 Å². The Bertz CT molecular complexity index is 1390. The van der Waals surface area contributed by atoms with Crippen LogP contribution in [0.25, 0.3) is 0 Å². The number of fused-ring (bicyclic) bond motifs is 2. The lowest BCUT2D eigenvalue weighted by Crippen LogP contribution is -3.00. The summed E-state index contributed by atoms with van der Waals surface area (Å²) in [4.78, 5) is 39.1. The third-order valence-corrected chi connectivity index (χ3v) is 8.45. The van der Waals surface area contributed by atoms with E-state index >= 15 is 0 Å². The molecule has 0 spiro atoms. The van der Waals surface area contributed by atoms with Gasteiger partial charge in [0.25, 0.3) is 5.91 Å². The summed E-state index contributed by atoms with van der Waals surface area (Å²) in [6.45, 7) is 9.67. The molecule has 0 saturated heterocycles. The first-order valence-electron chi connectivity index (χ1n) is 13.9. The number of amides is 1. The summed E-state index contributed by atoms with van der Waals surface area (Å²) in [5, 5.41) is 12.4. The number of aliphatic imine (C=N–C) groups is 2. The molecular weight excluding hydrogens is 606 g/mol. The number of carbonyl (C=O) groups is 2. The zero-order valence-corrected chi connectivity index (χ0v) is 26.3. The quantitative estimate of drug-likeness (QED) is 0.439. The van der Waals surface area contributed by atoms with E-state index in [1.807, 2.05) is 0 Å². The number of hydrogen-bond donors (Lipinski definition) is 3. The van der Waals surface area contributed by atoms with Crippen LogP contribution in [0.1, 0.15) is 98.0 Å². The predicted octanol–water partition coefficient (Wildman–Crippen LogP) is 2.68. The first-order valence-corrected chi connectivity index (χ1v) is 14.0. The maximum absolute atomic E-state index is 12.4. The molecule has 4 aliphatic rings. The fourth-order valence-electron chi connectivity index (χ4n) is 4.76. The molecule has 6 rings (SSSR count). The number of nitrogens with zero attached hydrogens (tertiary/aromatic N) is 4. The molecule has 0 bridgehead atoms. The highest BCUT2D eigenvalue weighted by atomic mass is 35.5. The van der Waals surface area contributed by atoms with Gasteiger partial charge in [0.2, 0.25) is 0 Å². The van der Waals surface area contributed by atoms with E-state index in [2.05, 4.69) is 53.0 Å². The molecule has 9 nitrogen and oxygen atoms in total. The van der Waals surface area contributed by atoms with Gasteiger partial charge in [-0.1, -0.05) is 50.9 Å². The van der Waals surface area contributed by atoms with Gasteiger partial charge in [0.05, 0.1) is 21.6 Å². The second-order valence-electron chi connectivity index (χ2n) is 11.7. The zero-order valence-electron chi connectivity index (χ0n) is 25.1. The van der Waals surface area contributed by atoms with Crippen LogP contribution in [-0.4, -0.2) is 58.6 Å². The summed E-state index contributed by atoms with van der Waals surface area (Å²) in [5.41, 5.74) is 9.87. The van der Waals surface area contributed by atoms with Crippen molar-refractivity contribution in [2.45, 2.75) is 78.6 Å². The molecule has 2 atom stereocenters. The molecule has 2 fully saturated rings. The van der Waals surface area contributed by atoms with Crippen molar-refractivity contribution in [3.63, 3.8) is 0 Å². The Morgan fingerprint density at radius 1 is 0.976 bits per heavy atom. The van der Waals surface area contributed by atoms with Gasteiger partial charge in [-0.15, -0.1) is 0 Å². The van der Waals surface area contributed by atoms with E-state index in [0.717, 1.165) is 29.5 Å². The second-order valence-corrected chi connectivity index (χ2v) is 12.4. The zero-order chi connectivity index (χ0) is 31.2. The van der Waals surface area contributed by atoms with Gasteiger partial charge in [-0.2, -0.15) is 0 Å². The van der Waals surface area contributed by atoms with Crippen molar-refractivity contribution >= 4 is 47.5 Å². The molecule has 4 heterocycles. The highest BCUT2D eigenvalue weighted by Gasteiger charge is 2.40. The maximum atomic E-state index is 12.4. The average molecular weight is 644 g/mol. The van der Waals surface area contributed by atoms with Crippen LogP contribution in [0.15, 0.2) is 22.1 Å². The first kappa shape index (κ1) is 33.8. The summed E-state index contributed by atoms with van der Waals surface area (Å²) >= 11 is 11.6. The molecule has 2 aromatic heterocycles. The van der Waals surface area contributed by atoms with Crippen molar-refractivity contribution in [2.24, 2.45) is 26.5 Å². The molecule has 230 valence electrons. The third-order valence-electron chi connectivity index (χ3n) is 8.06. The molecule has 2 unspecified atom stereocenters. The Morgan fingerprint density at radius 2 is 1.43 bits per heavy atom. The molecule has 2 aromatic rings. The number of pyridine rings is 2. The Hall–Kier alpha value is -2.66. The van der Waals surface area contributed by atoms with Crippen LogP contribution in [-0.2, 0) is 13.1 Å². The normalized spacial score (nSPS) is 21.0. The molecule has 2 aliphatic carbocycles. The second kappa shape index (κ2) is 14.7. The van der Waals surface area contributed by atoms with Crippen LogP contribution in [0.5, 0.6) is 0 Å². The van der Waals surface area contributed by atoms with E-state index in [-0.39, 0.29) is 40.6 Å². The Balaban J connectivity index is 0.000000233. The van der Waals surface area contributed by atoms with Gasteiger partial charge in [0.15, 0.2) is 5.69 Å². The standard InChI is InChI=1S/C14H16ClN3O.C8H5ClN2O2.C6H13N.CH3F.ClH/c1-14(2)4-3-10(14)17-13(19)12-9-7-16-6-8(9)5-11(15)18-12;9-6-1-4-2-10-3-5(4)7(11-6)8(12)13;1-6(2)4-3-5(6)7;1-2;/h5-6,10H,3-4,7H2,1-2H3,(H,17,19);1-2H,3H2,(H,12,13);5H,3-4,7H2,1-2H3;1H3;1H/p-1/i;;;1D;. The average Bonchev–Trinajstić information content (AvgIpc) is 3.59. The van der Waals surface area contributed by atoms with E-state index in [1.54, 1.807) is 24.6 Å². The number of rotatable bonds is 3. The summed E-state index contributed by atoms with van der Waals surface area (Å²) < 4.78 is 15.5. The number of nitrogens with two attached hydrogens (primary N) is 1. The van der Waals surface area contributed by atoms with E-state index in [0.29, 0.717) is 41.0 Å². The topological polar surface area (TPSA) is 143 Å². The highest BCUT2D eigenvalue weighted by molar-refractivity contribution is 6.30. The monoisotopic (exact) mass is 642 g/mol. The molecule has 13 heteroatoms. The van der Waals surface area contributed by atoms with Crippen molar-refractivity contribution in [3.05, 3.63) is 56.1 Å². The fourth-order valence-corrected chi connectivity index (χ4v) is 5.17. The number of carboxylic acids is 1. The van der Waals surface area contributed by atoms with Gasteiger partial charge >= 0.3 is 5.97 Å². The molecule has 42 heavy (non-hydrogen) atoms. The Morgan fingerprint density at radius 3 is 1.79 bits per heavy atom. The molecule has 1 amide bonds. The SMILES string of the molecule is CC1(C)CCC1N.CC1(C)CCC1NC(=O)c1nc(Cl)cc2c1CN=C2.O=C(O)c1nc(Cl)cc2c1CN=C2.[2H]CF.[Cl-]. The molecule has 0 aromatic carbocycles. The minimum atomic E-state index is -1.07. The van der Waals surface area contributed by atoms with Crippen LogP contribution in [0.3, 0.4) is 0 Å². The minimum absolute atomic E-state index is 0. The summed E-state index contributed by atoms with van der Waals surface area (Å²) in [7, 11) is -1.00. The Labute approximate surface area is 263 Å². The smallest absolute Gasteiger partial charge is 0.354 e. The van der Waals surface area contributed by atoms with E-state index in [1.165, 1.54) is 12.8 Å². The van der Waals surface area contributed by atoms with Gasteiger partial charge in [0.1, 0.15) is 16.0 Å². The van der Waals surface area contributed by atoms with Crippen LogP contribution < -0.4 is 23.5 Å². The van der Waals surface area contributed by atoms with E-state index < -0.39 is 13.1 Å². The molecule has 2 aliphatic heterocycles. The highest BCUT2D eigenvalue weighted by Crippen LogP contribution is 2.40. The number of nitrogens with one attached hydrogen (secondary N) is 1. The van der Waals surface area contributed by atoms with Gasteiger partial charge in [-0.05, 0) is 48.6 Å². The van der Waals surface area contributed by atoms with Gasteiger partial charge in [-0.3, -0.25) is 19.2 Å². The van der Waals surface area contributed by atoms with Crippen molar-refractivity contribution in [1.82, 2.24) is 15.3 Å². The van der Waals surface area contributed by atoms with Crippen LogP contribution in [0, 0.1) is 10.8 Å². The Kier molecular flexibility index (Phi) is 11.8. The predicted molar refractivity (Wildman–Crippen MR) is 160 cm³/mol. The molecule has 2 saturated carbocycles. The van der Waals surface area contributed by atoms with Crippen molar-refractivity contribution in [3.8, 4) is 0 Å². The number of hydrogen-bond acceptors (Lipinski definition) is 7. The number of aromatic nitrogens is 2. The van der Waals surface area contributed by atoms with Gasteiger partial charge in [-0.25, -0.2) is 14.8 Å². The maximum Gasteiger partial charge on any atom is 0.354 e. The van der Waals surface area contributed by atoms with Crippen molar-refractivity contribution in [2.75, 3.05) is 7.15 Å². The molecule has 4 N–H and O–H groups in total. The van der Waals surface area contributed by atoms with E-state index in [9.17, 15) is 14.0 Å². The van der Waals surface area contributed by atoms with Crippen LogP contribution >= 0.6 is 23.2 Å². The summed E-state index contributed by atoms with van der Waals surface area (Å²) in [6, 6.07) is 4.06. The van der Waals surface area contributed by atoms with Gasteiger partial charge in [0, 0.05) is 46.8 Å². The fraction of sp³-hybridized carbons (Fsp3) is 0.517. The molecule has 0 radical (unpaired) electrons. The minimum Gasteiger partial charge on any atom is -1.00 e. The largest absolute Gasteiger partial charge is 1.00 e. The van der Waals surface area contributed by atoms with E-state index in [4.69, 9.17) is 35.4 Å². The number of alkyl halides is 1. The lowest BCUT2D eigenvalue weighted by atomic mass is 9.67. The van der Waals surface area contributed by atoms with Gasteiger partial charge < -0.3 is 28.6 Å². The lowest BCUT2D eigenvalue weighted by molar-refractivity contribution is -0.0000330. The third kappa shape index (κ3) is 8.24.